The number of rotatable bonds is 4. The molecule has 1 aromatic carbocycles. The highest BCUT2D eigenvalue weighted by molar-refractivity contribution is 5.98. The maximum absolute atomic E-state index is 12.2. The standard InChI is InChI=1S/C13H18N2O3/c1-17-11-5-3-4-10(12(11)18-2)13(16)15-9-6-7-14-8-9/h3-5,9,14H,6-8H2,1-2H3,(H,15,16). The molecule has 2 rings (SSSR count). The molecular weight excluding hydrogens is 232 g/mol. The van der Waals surface area contributed by atoms with Gasteiger partial charge in [0.25, 0.3) is 5.91 Å². The number of para-hydroxylation sites is 1. The van der Waals surface area contributed by atoms with E-state index in [9.17, 15) is 4.79 Å². The summed E-state index contributed by atoms with van der Waals surface area (Å²) in [6, 6.07) is 5.48. The molecule has 5 heteroatoms. The van der Waals surface area contributed by atoms with Crippen LogP contribution in [0.15, 0.2) is 18.2 Å². The molecule has 1 unspecified atom stereocenters. The number of amides is 1. The Morgan fingerprint density at radius 2 is 2.22 bits per heavy atom. The fraction of sp³-hybridized carbons (Fsp3) is 0.462. The number of benzene rings is 1. The van der Waals surface area contributed by atoms with Gasteiger partial charge < -0.3 is 20.1 Å². The molecule has 0 aromatic heterocycles. The predicted octanol–water partition coefficient (Wildman–Crippen LogP) is 0.795. The zero-order chi connectivity index (χ0) is 13.0. The Morgan fingerprint density at radius 3 is 2.83 bits per heavy atom. The minimum atomic E-state index is -0.126. The van der Waals surface area contributed by atoms with E-state index in [-0.39, 0.29) is 11.9 Å². The van der Waals surface area contributed by atoms with Gasteiger partial charge in [-0.15, -0.1) is 0 Å². The largest absolute Gasteiger partial charge is 0.493 e. The van der Waals surface area contributed by atoms with Gasteiger partial charge in [0.05, 0.1) is 19.8 Å². The summed E-state index contributed by atoms with van der Waals surface area (Å²) in [5.41, 5.74) is 0.503. The van der Waals surface area contributed by atoms with Crippen molar-refractivity contribution in [3.63, 3.8) is 0 Å². The molecule has 0 saturated carbocycles. The van der Waals surface area contributed by atoms with Crippen LogP contribution in [-0.4, -0.2) is 39.3 Å². The van der Waals surface area contributed by atoms with Crippen LogP contribution >= 0.6 is 0 Å². The van der Waals surface area contributed by atoms with Gasteiger partial charge in [0.1, 0.15) is 0 Å². The van der Waals surface area contributed by atoms with Crippen molar-refractivity contribution in [1.29, 1.82) is 0 Å². The quantitative estimate of drug-likeness (QED) is 0.829. The molecule has 1 heterocycles. The number of hydrogen-bond donors (Lipinski definition) is 2. The van der Waals surface area contributed by atoms with E-state index in [1.165, 1.54) is 7.11 Å². The Labute approximate surface area is 106 Å². The number of carbonyl (C=O) groups is 1. The Bertz CT molecular complexity index is 428. The molecule has 5 nitrogen and oxygen atoms in total. The maximum atomic E-state index is 12.2. The van der Waals surface area contributed by atoms with Crippen LogP contribution in [0.3, 0.4) is 0 Å². The first kappa shape index (κ1) is 12.7. The van der Waals surface area contributed by atoms with Crippen molar-refractivity contribution < 1.29 is 14.3 Å². The molecule has 0 bridgehead atoms. The van der Waals surface area contributed by atoms with Crippen molar-refractivity contribution in [3.8, 4) is 11.5 Å². The summed E-state index contributed by atoms with van der Waals surface area (Å²) in [5.74, 6) is 0.914. The van der Waals surface area contributed by atoms with Gasteiger partial charge in [-0.05, 0) is 25.1 Å². The Balaban J connectivity index is 2.18. The van der Waals surface area contributed by atoms with Crippen LogP contribution in [-0.2, 0) is 0 Å². The van der Waals surface area contributed by atoms with Gasteiger partial charge in [-0.3, -0.25) is 4.79 Å². The number of nitrogens with one attached hydrogen (secondary N) is 2. The molecule has 1 amide bonds. The van der Waals surface area contributed by atoms with Crippen molar-refractivity contribution in [1.82, 2.24) is 10.6 Å². The lowest BCUT2D eigenvalue weighted by Gasteiger charge is -2.15. The van der Waals surface area contributed by atoms with Crippen LogP contribution in [0.1, 0.15) is 16.8 Å². The molecule has 0 aliphatic carbocycles. The normalized spacial score (nSPS) is 18.4. The topological polar surface area (TPSA) is 59.6 Å². The van der Waals surface area contributed by atoms with E-state index in [1.54, 1.807) is 25.3 Å². The number of ether oxygens (including phenoxy) is 2. The van der Waals surface area contributed by atoms with Crippen LogP contribution in [0.4, 0.5) is 0 Å². The predicted molar refractivity (Wildman–Crippen MR) is 68.3 cm³/mol. The van der Waals surface area contributed by atoms with Crippen molar-refractivity contribution in [2.75, 3.05) is 27.3 Å². The van der Waals surface area contributed by atoms with Crippen molar-refractivity contribution in [2.45, 2.75) is 12.5 Å². The maximum Gasteiger partial charge on any atom is 0.255 e. The average molecular weight is 250 g/mol. The fourth-order valence-corrected chi connectivity index (χ4v) is 2.11. The summed E-state index contributed by atoms with van der Waals surface area (Å²) < 4.78 is 10.4. The van der Waals surface area contributed by atoms with Gasteiger partial charge in [0.15, 0.2) is 11.5 Å². The first-order chi connectivity index (χ1) is 8.76. The summed E-state index contributed by atoms with van der Waals surface area (Å²) in [7, 11) is 3.09. The highest BCUT2D eigenvalue weighted by atomic mass is 16.5. The van der Waals surface area contributed by atoms with Crippen LogP contribution in [0, 0.1) is 0 Å². The first-order valence-electron chi connectivity index (χ1n) is 5.99. The van der Waals surface area contributed by atoms with Crippen LogP contribution in [0.2, 0.25) is 0 Å². The second-order valence-electron chi connectivity index (χ2n) is 4.20. The van der Waals surface area contributed by atoms with E-state index in [1.807, 2.05) is 0 Å². The molecular formula is C13H18N2O3. The third-order valence-corrected chi connectivity index (χ3v) is 3.04. The van der Waals surface area contributed by atoms with Crippen LogP contribution in [0.25, 0.3) is 0 Å². The zero-order valence-electron chi connectivity index (χ0n) is 10.7. The van der Waals surface area contributed by atoms with E-state index < -0.39 is 0 Å². The van der Waals surface area contributed by atoms with Crippen LogP contribution in [0.5, 0.6) is 11.5 Å². The fourth-order valence-electron chi connectivity index (χ4n) is 2.11. The molecule has 1 fully saturated rings. The molecule has 18 heavy (non-hydrogen) atoms. The number of methoxy groups -OCH3 is 2. The monoisotopic (exact) mass is 250 g/mol. The van der Waals surface area contributed by atoms with E-state index in [4.69, 9.17) is 9.47 Å². The molecule has 98 valence electrons. The van der Waals surface area contributed by atoms with Crippen LogP contribution < -0.4 is 20.1 Å². The molecule has 0 spiro atoms. The van der Waals surface area contributed by atoms with Gasteiger partial charge in [-0.25, -0.2) is 0 Å². The Morgan fingerprint density at radius 1 is 1.39 bits per heavy atom. The molecule has 1 aromatic rings. The van der Waals surface area contributed by atoms with Gasteiger partial charge in [-0.1, -0.05) is 6.07 Å². The summed E-state index contributed by atoms with van der Waals surface area (Å²) >= 11 is 0. The minimum Gasteiger partial charge on any atom is -0.493 e. The second-order valence-corrected chi connectivity index (χ2v) is 4.20. The first-order valence-corrected chi connectivity index (χ1v) is 5.99. The van der Waals surface area contributed by atoms with E-state index in [2.05, 4.69) is 10.6 Å². The molecule has 1 atom stereocenters. The smallest absolute Gasteiger partial charge is 0.255 e. The van der Waals surface area contributed by atoms with Gasteiger partial charge >= 0.3 is 0 Å². The van der Waals surface area contributed by atoms with Crippen molar-refractivity contribution >= 4 is 5.91 Å². The third-order valence-electron chi connectivity index (χ3n) is 3.04. The minimum absolute atomic E-state index is 0.126. The van der Waals surface area contributed by atoms with Gasteiger partial charge in [0, 0.05) is 12.6 Å². The lowest BCUT2D eigenvalue weighted by molar-refractivity contribution is 0.0936. The third kappa shape index (κ3) is 2.56. The van der Waals surface area contributed by atoms with Gasteiger partial charge in [-0.2, -0.15) is 0 Å². The zero-order valence-corrected chi connectivity index (χ0v) is 10.7. The summed E-state index contributed by atoms with van der Waals surface area (Å²) in [4.78, 5) is 12.2. The van der Waals surface area contributed by atoms with Gasteiger partial charge in [0.2, 0.25) is 0 Å². The van der Waals surface area contributed by atoms with E-state index in [0.29, 0.717) is 17.1 Å². The summed E-state index contributed by atoms with van der Waals surface area (Å²) in [5, 5.41) is 6.19. The van der Waals surface area contributed by atoms with Crippen molar-refractivity contribution in [2.24, 2.45) is 0 Å². The Hall–Kier alpha value is -1.75. The molecule has 1 aliphatic rings. The molecule has 0 radical (unpaired) electrons. The number of hydrogen-bond acceptors (Lipinski definition) is 4. The average Bonchev–Trinajstić information content (AvgIpc) is 2.90. The molecule has 1 saturated heterocycles. The van der Waals surface area contributed by atoms with E-state index in [0.717, 1.165) is 19.5 Å². The second kappa shape index (κ2) is 5.73. The number of carbonyl (C=O) groups excluding carboxylic acids is 1. The van der Waals surface area contributed by atoms with E-state index >= 15 is 0 Å². The highest BCUT2D eigenvalue weighted by Crippen LogP contribution is 2.30. The van der Waals surface area contributed by atoms with Crippen molar-refractivity contribution in [3.05, 3.63) is 23.8 Å². The summed E-state index contributed by atoms with van der Waals surface area (Å²) in [6.45, 7) is 1.76. The summed E-state index contributed by atoms with van der Waals surface area (Å²) in [6.07, 6.45) is 0.956. The lowest BCUT2D eigenvalue weighted by Crippen LogP contribution is -2.36. The Kier molecular flexibility index (Phi) is 4.04. The lowest BCUT2D eigenvalue weighted by atomic mass is 10.1. The highest BCUT2D eigenvalue weighted by Gasteiger charge is 2.21. The molecule has 2 N–H and O–H groups in total. The SMILES string of the molecule is COc1cccc(C(=O)NC2CCNC2)c1OC. The molecule has 1 aliphatic heterocycles.